The fraction of sp³-hybridized carbons (Fsp3) is 0.385. The van der Waals surface area contributed by atoms with E-state index in [4.69, 9.17) is 23.7 Å². The van der Waals surface area contributed by atoms with Crippen molar-refractivity contribution in [2.45, 2.75) is 31.9 Å². The van der Waals surface area contributed by atoms with Crippen molar-refractivity contribution in [3.05, 3.63) is 64.6 Å². The van der Waals surface area contributed by atoms with Crippen LogP contribution < -0.4 is 24.6 Å². The number of aryl methyl sites for hydroxylation is 1. The Hall–Kier alpha value is -3.52. The van der Waals surface area contributed by atoms with E-state index in [1.54, 1.807) is 11.7 Å². The number of methoxy groups -OCH3 is 1. The van der Waals surface area contributed by atoms with Crippen LogP contribution >= 0.6 is 0 Å². The molecule has 8 heteroatoms. The average Bonchev–Trinajstić information content (AvgIpc) is 3.39. The fourth-order valence-electron chi connectivity index (χ4n) is 4.31. The monoisotopic (exact) mass is 464 g/mol. The maximum Gasteiger partial charge on any atom is 0.351 e. The summed E-state index contributed by atoms with van der Waals surface area (Å²) < 4.78 is 30.0. The van der Waals surface area contributed by atoms with Crippen LogP contribution in [0.1, 0.15) is 18.4 Å². The second-order valence-electron chi connectivity index (χ2n) is 8.30. The van der Waals surface area contributed by atoms with Crippen molar-refractivity contribution in [2.75, 3.05) is 33.5 Å². The SMILES string of the molecule is COc1cccc(OCCOc2ccc3c(c2)CCn2c-3cc(OCC3CCCO3)nc2=O)c1. The Balaban J connectivity index is 1.23. The summed E-state index contributed by atoms with van der Waals surface area (Å²) >= 11 is 0. The number of ether oxygens (including phenoxy) is 5. The van der Waals surface area contributed by atoms with Crippen molar-refractivity contribution in [3.63, 3.8) is 0 Å². The normalized spacial score (nSPS) is 16.4. The molecule has 0 radical (unpaired) electrons. The van der Waals surface area contributed by atoms with E-state index < -0.39 is 0 Å². The average molecular weight is 465 g/mol. The number of rotatable bonds is 9. The van der Waals surface area contributed by atoms with E-state index in [1.165, 1.54) is 0 Å². The van der Waals surface area contributed by atoms with Crippen molar-refractivity contribution in [3.8, 4) is 34.4 Å². The molecule has 1 unspecified atom stereocenters. The summed E-state index contributed by atoms with van der Waals surface area (Å²) in [6.45, 7) is 2.58. The first-order chi connectivity index (χ1) is 16.7. The maximum absolute atomic E-state index is 12.6. The number of nitrogens with zero attached hydrogens (tertiary/aromatic N) is 2. The summed E-state index contributed by atoms with van der Waals surface area (Å²) in [4.78, 5) is 16.7. The van der Waals surface area contributed by atoms with Crippen molar-refractivity contribution < 1.29 is 23.7 Å². The van der Waals surface area contributed by atoms with Gasteiger partial charge in [0.05, 0.1) is 18.9 Å². The lowest BCUT2D eigenvalue weighted by molar-refractivity contribution is 0.0661. The van der Waals surface area contributed by atoms with E-state index in [-0.39, 0.29) is 11.8 Å². The Bertz CT molecular complexity index is 1200. The molecule has 0 aliphatic carbocycles. The topological polar surface area (TPSA) is 81.0 Å². The minimum atomic E-state index is -0.291. The standard InChI is InChI=1S/C26H28N2O6/c1-30-19-4-2-5-20(15-19)32-12-13-33-21-7-8-23-18(14-21)9-10-28-24(23)16-25(27-26(28)29)34-17-22-6-3-11-31-22/h2,4-5,7-8,14-16,22H,3,6,9-13,17H2,1H3. The predicted molar refractivity (Wildman–Crippen MR) is 126 cm³/mol. The van der Waals surface area contributed by atoms with Gasteiger partial charge < -0.3 is 23.7 Å². The molecule has 34 heavy (non-hydrogen) atoms. The number of aromatic nitrogens is 2. The molecular weight excluding hydrogens is 436 g/mol. The second kappa shape index (κ2) is 10.2. The zero-order valence-corrected chi connectivity index (χ0v) is 19.2. The molecule has 0 amide bonds. The van der Waals surface area contributed by atoms with E-state index in [1.807, 2.05) is 48.5 Å². The molecule has 1 atom stereocenters. The molecule has 0 bridgehead atoms. The lowest BCUT2D eigenvalue weighted by Gasteiger charge is -2.22. The van der Waals surface area contributed by atoms with Crippen LogP contribution in [0.15, 0.2) is 53.3 Å². The molecule has 3 aromatic rings. The minimum Gasteiger partial charge on any atom is -0.497 e. The van der Waals surface area contributed by atoms with Crippen LogP contribution in [0.4, 0.5) is 0 Å². The summed E-state index contributed by atoms with van der Waals surface area (Å²) in [6.07, 6.45) is 2.82. The van der Waals surface area contributed by atoms with Crippen molar-refractivity contribution in [1.82, 2.24) is 9.55 Å². The molecule has 2 aromatic carbocycles. The third kappa shape index (κ3) is 5.02. The first-order valence-corrected chi connectivity index (χ1v) is 11.6. The van der Waals surface area contributed by atoms with Crippen LogP contribution in [0.5, 0.6) is 23.1 Å². The molecule has 178 valence electrons. The van der Waals surface area contributed by atoms with E-state index in [9.17, 15) is 4.79 Å². The third-order valence-electron chi connectivity index (χ3n) is 6.05. The predicted octanol–water partition coefficient (Wildman–Crippen LogP) is 3.49. The molecule has 1 fully saturated rings. The smallest absolute Gasteiger partial charge is 0.351 e. The van der Waals surface area contributed by atoms with Gasteiger partial charge in [-0.15, -0.1) is 0 Å². The van der Waals surface area contributed by atoms with E-state index in [0.29, 0.717) is 32.2 Å². The third-order valence-corrected chi connectivity index (χ3v) is 6.05. The highest BCUT2D eigenvalue weighted by atomic mass is 16.5. The summed E-state index contributed by atoms with van der Waals surface area (Å²) in [6, 6.07) is 15.3. The molecule has 2 aliphatic heterocycles. The highest BCUT2D eigenvalue weighted by Gasteiger charge is 2.21. The van der Waals surface area contributed by atoms with Gasteiger partial charge >= 0.3 is 5.69 Å². The summed E-state index contributed by atoms with van der Waals surface area (Å²) in [5.74, 6) is 2.60. The van der Waals surface area contributed by atoms with Gasteiger partial charge in [-0.25, -0.2) is 4.79 Å². The van der Waals surface area contributed by atoms with Crippen LogP contribution in [-0.4, -0.2) is 49.2 Å². The molecule has 5 rings (SSSR count). The minimum absolute atomic E-state index is 0.0699. The first kappa shape index (κ1) is 22.3. The van der Waals surface area contributed by atoms with Gasteiger partial charge in [0, 0.05) is 30.8 Å². The second-order valence-corrected chi connectivity index (χ2v) is 8.30. The molecule has 0 spiro atoms. The Labute approximate surface area is 198 Å². The van der Waals surface area contributed by atoms with Gasteiger partial charge in [-0.3, -0.25) is 4.57 Å². The van der Waals surface area contributed by atoms with E-state index in [0.717, 1.165) is 59.9 Å². The number of benzene rings is 2. The van der Waals surface area contributed by atoms with Gasteiger partial charge in [0.25, 0.3) is 0 Å². The number of hydrogen-bond acceptors (Lipinski definition) is 7. The Kier molecular flexibility index (Phi) is 6.67. The van der Waals surface area contributed by atoms with Gasteiger partial charge in [-0.05, 0) is 55.2 Å². The van der Waals surface area contributed by atoms with Gasteiger partial charge in [0.15, 0.2) is 0 Å². The summed E-state index contributed by atoms with van der Waals surface area (Å²) in [5, 5.41) is 0. The van der Waals surface area contributed by atoms with Gasteiger partial charge in [-0.1, -0.05) is 6.07 Å². The van der Waals surface area contributed by atoms with E-state index in [2.05, 4.69) is 4.98 Å². The van der Waals surface area contributed by atoms with Crippen LogP contribution in [0.25, 0.3) is 11.3 Å². The zero-order chi connectivity index (χ0) is 23.3. The summed E-state index contributed by atoms with van der Waals surface area (Å²) in [7, 11) is 1.63. The van der Waals surface area contributed by atoms with Gasteiger partial charge in [0.2, 0.25) is 5.88 Å². The zero-order valence-electron chi connectivity index (χ0n) is 19.2. The van der Waals surface area contributed by atoms with Gasteiger partial charge in [-0.2, -0.15) is 4.98 Å². The highest BCUT2D eigenvalue weighted by Crippen LogP contribution is 2.32. The Morgan fingerprint density at radius 2 is 1.85 bits per heavy atom. The molecule has 1 saturated heterocycles. The first-order valence-electron chi connectivity index (χ1n) is 11.6. The van der Waals surface area contributed by atoms with E-state index >= 15 is 0 Å². The lowest BCUT2D eigenvalue weighted by atomic mass is 9.97. The van der Waals surface area contributed by atoms with Crippen LogP contribution in [-0.2, 0) is 17.7 Å². The Morgan fingerprint density at radius 3 is 2.65 bits per heavy atom. The molecule has 0 N–H and O–H groups in total. The largest absolute Gasteiger partial charge is 0.497 e. The van der Waals surface area contributed by atoms with Crippen molar-refractivity contribution >= 4 is 0 Å². The molecule has 2 aliphatic rings. The van der Waals surface area contributed by atoms with Gasteiger partial charge in [0.1, 0.15) is 37.1 Å². The molecule has 3 heterocycles. The quantitative estimate of drug-likeness (QED) is 0.449. The maximum atomic E-state index is 12.6. The van der Waals surface area contributed by atoms with Crippen molar-refractivity contribution in [1.29, 1.82) is 0 Å². The summed E-state index contributed by atoms with van der Waals surface area (Å²) in [5.41, 5.74) is 2.64. The van der Waals surface area contributed by atoms with Crippen LogP contribution in [0, 0.1) is 0 Å². The van der Waals surface area contributed by atoms with Crippen molar-refractivity contribution in [2.24, 2.45) is 0 Å². The van der Waals surface area contributed by atoms with Crippen LogP contribution in [0.3, 0.4) is 0 Å². The molecule has 8 nitrogen and oxygen atoms in total. The lowest BCUT2D eigenvalue weighted by Crippen LogP contribution is -2.29. The fourth-order valence-corrected chi connectivity index (χ4v) is 4.31. The highest BCUT2D eigenvalue weighted by molar-refractivity contribution is 5.67. The molecular formula is C26H28N2O6. The molecule has 0 saturated carbocycles. The molecule has 1 aromatic heterocycles. The Morgan fingerprint density at radius 1 is 1.03 bits per heavy atom. The number of fused-ring (bicyclic) bond motifs is 3. The number of hydrogen-bond donors (Lipinski definition) is 0. The van der Waals surface area contributed by atoms with Crippen LogP contribution in [0.2, 0.25) is 0 Å².